The summed E-state index contributed by atoms with van der Waals surface area (Å²) in [4.78, 5) is 13.6. The van der Waals surface area contributed by atoms with Crippen LogP contribution in [0.1, 0.15) is 38.4 Å². The molecule has 1 atom stereocenters. The first-order chi connectivity index (χ1) is 8.19. The van der Waals surface area contributed by atoms with Gasteiger partial charge in [0, 0.05) is 6.07 Å². The highest BCUT2D eigenvalue weighted by Gasteiger charge is 2.46. The zero-order chi connectivity index (χ0) is 12.3. The Morgan fingerprint density at radius 3 is 3.12 bits per heavy atom. The molecule has 2 rings (SSSR count). The lowest BCUT2D eigenvalue weighted by atomic mass is 9.90. The molecule has 1 fully saturated rings. The van der Waals surface area contributed by atoms with Gasteiger partial charge in [0.25, 0.3) is 0 Å². The highest BCUT2D eigenvalue weighted by molar-refractivity contribution is 5.79. The van der Waals surface area contributed by atoms with Crippen molar-refractivity contribution >= 4 is 5.97 Å². The zero-order valence-electron chi connectivity index (χ0n) is 10.1. The lowest BCUT2D eigenvalue weighted by molar-refractivity contribution is -0.150. The van der Waals surface area contributed by atoms with Crippen molar-refractivity contribution in [3.05, 3.63) is 18.0 Å². The molecule has 1 saturated heterocycles. The molecule has 94 valence electrons. The Morgan fingerprint density at radius 2 is 2.53 bits per heavy atom. The van der Waals surface area contributed by atoms with Gasteiger partial charge in [0.05, 0.1) is 12.7 Å². The SMILES string of the molecule is CCCC1(C(=O)O)CCCN1Cc1ccno1. The third-order valence-electron chi connectivity index (χ3n) is 3.52. The number of likely N-dealkylation sites (tertiary alicyclic amines) is 1. The molecule has 0 bridgehead atoms. The van der Waals surface area contributed by atoms with E-state index in [9.17, 15) is 9.90 Å². The van der Waals surface area contributed by atoms with Crippen LogP contribution in [0, 0.1) is 0 Å². The quantitative estimate of drug-likeness (QED) is 0.848. The topological polar surface area (TPSA) is 66.6 Å². The van der Waals surface area contributed by atoms with Crippen LogP contribution in [0.15, 0.2) is 16.8 Å². The molecule has 2 heterocycles. The number of rotatable bonds is 5. The van der Waals surface area contributed by atoms with Gasteiger partial charge in [-0.25, -0.2) is 0 Å². The van der Waals surface area contributed by atoms with Crippen LogP contribution >= 0.6 is 0 Å². The molecular formula is C12H18N2O3. The van der Waals surface area contributed by atoms with E-state index in [-0.39, 0.29) is 0 Å². The molecule has 1 aromatic rings. The molecule has 0 spiro atoms. The van der Waals surface area contributed by atoms with Crippen LogP contribution in [0.3, 0.4) is 0 Å². The molecule has 1 aliphatic heterocycles. The average Bonchev–Trinajstić information content (AvgIpc) is 2.91. The van der Waals surface area contributed by atoms with Crippen LogP contribution in [0.4, 0.5) is 0 Å². The molecule has 5 heteroatoms. The van der Waals surface area contributed by atoms with Crippen LogP contribution in [0.2, 0.25) is 0 Å². The summed E-state index contributed by atoms with van der Waals surface area (Å²) in [5, 5.41) is 13.2. The fourth-order valence-electron chi connectivity index (χ4n) is 2.72. The lowest BCUT2D eigenvalue weighted by Crippen LogP contribution is -2.49. The van der Waals surface area contributed by atoms with E-state index in [1.165, 1.54) is 0 Å². The second-order valence-electron chi connectivity index (χ2n) is 4.59. The summed E-state index contributed by atoms with van der Waals surface area (Å²) in [5.41, 5.74) is -0.707. The molecule has 0 aliphatic carbocycles. The summed E-state index contributed by atoms with van der Waals surface area (Å²) >= 11 is 0. The number of carboxylic acids is 1. The van der Waals surface area contributed by atoms with Crippen molar-refractivity contribution in [1.29, 1.82) is 0 Å². The van der Waals surface area contributed by atoms with Gasteiger partial charge < -0.3 is 9.63 Å². The molecule has 5 nitrogen and oxygen atoms in total. The molecule has 1 aliphatic rings. The van der Waals surface area contributed by atoms with E-state index in [1.54, 1.807) is 12.3 Å². The van der Waals surface area contributed by atoms with Crippen molar-refractivity contribution in [3.63, 3.8) is 0 Å². The highest BCUT2D eigenvalue weighted by Crippen LogP contribution is 2.35. The van der Waals surface area contributed by atoms with Gasteiger partial charge in [-0.15, -0.1) is 0 Å². The molecule has 0 radical (unpaired) electrons. The normalized spacial score (nSPS) is 25.2. The number of nitrogens with zero attached hydrogens (tertiary/aromatic N) is 2. The Kier molecular flexibility index (Phi) is 3.47. The maximum Gasteiger partial charge on any atom is 0.324 e. The van der Waals surface area contributed by atoms with Crippen LogP contribution in [0.25, 0.3) is 0 Å². The third-order valence-corrected chi connectivity index (χ3v) is 3.52. The van der Waals surface area contributed by atoms with Gasteiger partial charge in [0.2, 0.25) is 0 Å². The van der Waals surface area contributed by atoms with E-state index in [4.69, 9.17) is 4.52 Å². The molecule has 0 amide bonds. The Labute approximate surface area is 100 Å². The minimum absolute atomic E-state index is 0.534. The number of carboxylic acid groups (broad SMARTS) is 1. The van der Waals surface area contributed by atoms with E-state index < -0.39 is 11.5 Å². The van der Waals surface area contributed by atoms with Crippen molar-refractivity contribution in [2.45, 2.75) is 44.7 Å². The Balaban J connectivity index is 2.16. The summed E-state index contributed by atoms with van der Waals surface area (Å²) in [6, 6.07) is 1.79. The fraction of sp³-hybridized carbons (Fsp3) is 0.667. The van der Waals surface area contributed by atoms with Gasteiger partial charge in [0.1, 0.15) is 5.54 Å². The van der Waals surface area contributed by atoms with Gasteiger partial charge in [-0.05, 0) is 25.8 Å². The molecule has 0 aromatic carbocycles. The monoisotopic (exact) mass is 238 g/mol. The largest absolute Gasteiger partial charge is 0.480 e. The Hall–Kier alpha value is -1.36. The number of hydrogen-bond acceptors (Lipinski definition) is 4. The summed E-state index contributed by atoms with van der Waals surface area (Å²) in [6.07, 6.45) is 4.81. The van der Waals surface area contributed by atoms with Gasteiger partial charge >= 0.3 is 5.97 Å². The maximum absolute atomic E-state index is 11.6. The zero-order valence-corrected chi connectivity index (χ0v) is 10.1. The predicted octanol–water partition coefficient (Wildman–Crippen LogP) is 1.89. The minimum atomic E-state index is -0.712. The molecule has 1 aromatic heterocycles. The number of aliphatic carboxylic acids is 1. The van der Waals surface area contributed by atoms with Gasteiger partial charge in [-0.1, -0.05) is 18.5 Å². The summed E-state index contributed by atoms with van der Waals surface area (Å²) in [7, 11) is 0. The van der Waals surface area contributed by atoms with E-state index in [2.05, 4.69) is 5.16 Å². The Bertz CT molecular complexity index is 377. The number of aromatic nitrogens is 1. The van der Waals surface area contributed by atoms with Crippen molar-refractivity contribution in [2.24, 2.45) is 0 Å². The molecule has 1 unspecified atom stereocenters. The van der Waals surface area contributed by atoms with Gasteiger partial charge in [0.15, 0.2) is 5.76 Å². The van der Waals surface area contributed by atoms with E-state index >= 15 is 0 Å². The molecule has 1 N–H and O–H groups in total. The average molecular weight is 238 g/mol. The second-order valence-corrected chi connectivity index (χ2v) is 4.59. The first-order valence-corrected chi connectivity index (χ1v) is 6.07. The predicted molar refractivity (Wildman–Crippen MR) is 61.4 cm³/mol. The third kappa shape index (κ3) is 2.20. The van der Waals surface area contributed by atoms with Crippen LogP contribution in [-0.2, 0) is 11.3 Å². The van der Waals surface area contributed by atoms with Crippen LogP contribution in [0.5, 0.6) is 0 Å². The first kappa shape index (κ1) is 12.1. The van der Waals surface area contributed by atoms with Crippen LogP contribution in [-0.4, -0.2) is 33.2 Å². The Morgan fingerprint density at radius 1 is 1.71 bits per heavy atom. The van der Waals surface area contributed by atoms with Crippen LogP contribution < -0.4 is 0 Å². The highest BCUT2D eigenvalue weighted by atomic mass is 16.5. The second kappa shape index (κ2) is 4.87. The fourth-order valence-corrected chi connectivity index (χ4v) is 2.72. The van der Waals surface area contributed by atoms with Gasteiger partial charge in [-0.2, -0.15) is 0 Å². The van der Waals surface area contributed by atoms with Crippen molar-refractivity contribution < 1.29 is 14.4 Å². The lowest BCUT2D eigenvalue weighted by Gasteiger charge is -2.33. The summed E-state index contributed by atoms with van der Waals surface area (Å²) in [5.74, 6) is 0.0185. The van der Waals surface area contributed by atoms with Crippen molar-refractivity contribution in [1.82, 2.24) is 10.1 Å². The van der Waals surface area contributed by atoms with Crippen molar-refractivity contribution in [2.75, 3.05) is 6.54 Å². The molecular weight excluding hydrogens is 220 g/mol. The van der Waals surface area contributed by atoms with Gasteiger partial charge in [-0.3, -0.25) is 9.69 Å². The minimum Gasteiger partial charge on any atom is -0.480 e. The van der Waals surface area contributed by atoms with E-state index in [0.29, 0.717) is 13.0 Å². The standard InChI is InChI=1S/C12H18N2O3/c1-2-5-12(11(15)16)6-3-8-14(12)9-10-4-7-13-17-10/h4,7H,2-3,5-6,8-9H2,1H3,(H,15,16). The number of carbonyl (C=O) groups is 1. The number of hydrogen-bond donors (Lipinski definition) is 1. The molecule has 17 heavy (non-hydrogen) atoms. The van der Waals surface area contributed by atoms with Crippen molar-refractivity contribution in [3.8, 4) is 0 Å². The smallest absolute Gasteiger partial charge is 0.324 e. The summed E-state index contributed by atoms with van der Waals surface area (Å²) in [6.45, 7) is 3.37. The first-order valence-electron chi connectivity index (χ1n) is 6.07. The summed E-state index contributed by atoms with van der Waals surface area (Å²) < 4.78 is 5.06. The van der Waals surface area contributed by atoms with E-state index in [1.807, 2.05) is 11.8 Å². The molecule has 0 saturated carbocycles. The maximum atomic E-state index is 11.6. The van der Waals surface area contributed by atoms with E-state index in [0.717, 1.165) is 31.6 Å².